The molecule has 5 heteroatoms. The van der Waals surface area contributed by atoms with Crippen molar-refractivity contribution >= 4 is 29.9 Å². The first-order valence-electron chi connectivity index (χ1n) is 8.91. The second kappa shape index (κ2) is 11.7. The van der Waals surface area contributed by atoms with E-state index in [9.17, 15) is 0 Å². The van der Waals surface area contributed by atoms with E-state index in [1.54, 1.807) is 0 Å². The predicted molar refractivity (Wildman–Crippen MR) is 114 cm³/mol. The first kappa shape index (κ1) is 21.2. The number of nitrogens with zero attached hydrogens (tertiary/aromatic N) is 2. The maximum atomic E-state index is 6.04. The van der Waals surface area contributed by atoms with Gasteiger partial charge in [0.1, 0.15) is 0 Å². The van der Waals surface area contributed by atoms with Crippen LogP contribution in [0.5, 0.6) is 0 Å². The summed E-state index contributed by atoms with van der Waals surface area (Å²) >= 11 is 0. The number of aliphatic imine (C=N–C) groups is 1. The molecule has 2 rings (SSSR count). The van der Waals surface area contributed by atoms with Crippen LogP contribution in [0, 0.1) is 5.92 Å². The Kier molecular flexibility index (Phi) is 10.3. The van der Waals surface area contributed by atoms with E-state index in [0.717, 1.165) is 25.4 Å². The SMILES string of the molecule is CN(C)C(CN=C(N)NCCc1ccccc1)C1CCCCC1.I. The van der Waals surface area contributed by atoms with Crippen LogP contribution in [0.1, 0.15) is 37.7 Å². The first-order valence-corrected chi connectivity index (χ1v) is 8.91. The molecule has 4 nitrogen and oxygen atoms in total. The van der Waals surface area contributed by atoms with Gasteiger partial charge in [0.15, 0.2) is 5.96 Å². The number of rotatable bonds is 7. The second-order valence-electron chi connectivity index (χ2n) is 6.82. The average molecular weight is 444 g/mol. The standard InChI is InChI=1S/C19H32N4.HI/c1-23(2)18(17-11-7-4-8-12-17)15-22-19(20)21-14-13-16-9-5-3-6-10-16;/h3,5-6,9-10,17-18H,4,7-8,11-15H2,1-2H3,(H3,20,21,22);1H. The second-order valence-corrected chi connectivity index (χ2v) is 6.82. The van der Waals surface area contributed by atoms with Crippen molar-refractivity contribution in [2.75, 3.05) is 27.2 Å². The maximum absolute atomic E-state index is 6.04. The van der Waals surface area contributed by atoms with E-state index in [4.69, 9.17) is 5.73 Å². The summed E-state index contributed by atoms with van der Waals surface area (Å²) < 4.78 is 0. The number of guanidine groups is 1. The van der Waals surface area contributed by atoms with Crippen LogP contribution in [0.3, 0.4) is 0 Å². The molecule has 0 heterocycles. The summed E-state index contributed by atoms with van der Waals surface area (Å²) in [6.07, 6.45) is 7.76. The molecule has 1 aliphatic carbocycles. The number of nitrogens with two attached hydrogens (primary N) is 1. The maximum Gasteiger partial charge on any atom is 0.188 e. The van der Waals surface area contributed by atoms with Gasteiger partial charge in [0.25, 0.3) is 0 Å². The zero-order valence-electron chi connectivity index (χ0n) is 15.1. The molecule has 1 aromatic carbocycles. The monoisotopic (exact) mass is 444 g/mol. The van der Waals surface area contributed by atoms with E-state index >= 15 is 0 Å². The zero-order valence-corrected chi connectivity index (χ0v) is 17.4. The Morgan fingerprint density at radius 1 is 1.21 bits per heavy atom. The van der Waals surface area contributed by atoms with Gasteiger partial charge in [0.05, 0.1) is 6.54 Å². The molecule has 0 spiro atoms. The number of hydrogen-bond donors (Lipinski definition) is 2. The lowest BCUT2D eigenvalue weighted by Gasteiger charge is -2.33. The van der Waals surface area contributed by atoms with Crippen molar-refractivity contribution in [3.8, 4) is 0 Å². The number of benzene rings is 1. The Bertz CT molecular complexity index is 470. The molecule has 0 bridgehead atoms. The van der Waals surface area contributed by atoms with Crippen LogP contribution in [0.4, 0.5) is 0 Å². The molecule has 1 aromatic rings. The predicted octanol–water partition coefficient (Wildman–Crippen LogP) is 3.26. The fourth-order valence-electron chi connectivity index (χ4n) is 3.48. The van der Waals surface area contributed by atoms with Gasteiger partial charge < -0.3 is 16.0 Å². The number of hydrogen-bond acceptors (Lipinski definition) is 2. The summed E-state index contributed by atoms with van der Waals surface area (Å²) in [4.78, 5) is 6.91. The molecule has 0 aromatic heterocycles. The third-order valence-electron chi connectivity index (χ3n) is 4.87. The van der Waals surface area contributed by atoms with Crippen molar-refractivity contribution in [1.29, 1.82) is 0 Å². The van der Waals surface area contributed by atoms with Gasteiger partial charge in [-0.2, -0.15) is 0 Å². The molecule has 1 saturated carbocycles. The number of halogens is 1. The van der Waals surface area contributed by atoms with E-state index in [0.29, 0.717) is 12.0 Å². The lowest BCUT2D eigenvalue weighted by Crippen LogP contribution is -2.40. The van der Waals surface area contributed by atoms with Crippen molar-refractivity contribution in [2.45, 2.75) is 44.6 Å². The van der Waals surface area contributed by atoms with E-state index in [2.05, 4.69) is 53.6 Å². The molecule has 136 valence electrons. The lowest BCUT2D eigenvalue weighted by atomic mass is 9.83. The van der Waals surface area contributed by atoms with Crippen molar-refractivity contribution in [3.05, 3.63) is 35.9 Å². The number of likely N-dealkylation sites (N-methyl/N-ethyl adjacent to an activating group) is 1. The minimum Gasteiger partial charge on any atom is -0.370 e. The zero-order chi connectivity index (χ0) is 16.5. The Hall–Kier alpha value is -0.820. The first-order chi connectivity index (χ1) is 11.2. The van der Waals surface area contributed by atoms with Crippen molar-refractivity contribution in [2.24, 2.45) is 16.6 Å². The highest BCUT2D eigenvalue weighted by atomic mass is 127. The van der Waals surface area contributed by atoms with Crippen LogP contribution in [0.25, 0.3) is 0 Å². The Morgan fingerprint density at radius 3 is 2.50 bits per heavy atom. The molecule has 1 unspecified atom stereocenters. The van der Waals surface area contributed by atoms with Crippen LogP contribution >= 0.6 is 24.0 Å². The van der Waals surface area contributed by atoms with E-state index in [1.807, 2.05) is 6.07 Å². The van der Waals surface area contributed by atoms with Gasteiger partial charge >= 0.3 is 0 Å². The van der Waals surface area contributed by atoms with Crippen LogP contribution in [0.2, 0.25) is 0 Å². The van der Waals surface area contributed by atoms with Crippen molar-refractivity contribution in [1.82, 2.24) is 10.2 Å². The molecule has 0 saturated heterocycles. The van der Waals surface area contributed by atoms with Gasteiger partial charge in [0, 0.05) is 12.6 Å². The van der Waals surface area contributed by atoms with E-state index in [1.165, 1.54) is 37.7 Å². The van der Waals surface area contributed by atoms with Crippen molar-refractivity contribution in [3.63, 3.8) is 0 Å². The summed E-state index contributed by atoms with van der Waals surface area (Å²) in [6.45, 7) is 1.62. The summed E-state index contributed by atoms with van der Waals surface area (Å²) in [5.74, 6) is 1.34. The lowest BCUT2D eigenvalue weighted by molar-refractivity contribution is 0.176. The molecule has 3 N–H and O–H groups in total. The fourth-order valence-corrected chi connectivity index (χ4v) is 3.48. The quantitative estimate of drug-likeness (QED) is 0.386. The molecule has 0 radical (unpaired) electrons. The van der Waals surface area contributed by atoms with Crippen LogP contribution in [-0.4, -0.2) is 44.1 Å². The van der Waals surface area contributed by atoms with Gasteiger partial charge in [-0.05, 0) is 44.8 Å². The molecule has 1 fully saturated rings. The summed E-state index contributed by atoms with van der Waals surface area (Å²) in [5, 5.41) is 3.24. The van der Waals surface area contributed by atoms with Gasteiger partial charge in [-0.25, -0.2) is 0 Å². The highest BCUT2D eigenvalue weighted by molar-refractivity contribution is 14.0. The fraction of sp³-hybridized carbons (Fsp3) is 0.632. The Labute approximate surface area is 164 Å². The number of nitrogens with one attached hydrogen (secondary N) is 1. The molecular weight excluding hydrogens is 411 g/mol. The summed E-state index contributed by atoms with van der Waals surface area (Å²) in [6, 6.07) is 11.0. The van der Waals surface area contributed by atoms with Crippen LogP contribution < -0.4 is 11.1 Å². The minimum absolute atomic E-state index is 0. The van der Waals surface area contributed by atoms with E-state index < -0.39 is 0 Å². The molecule has 0 amide bonds. The van der Waals surface area contributed by atoms with Crippen LogP contribution in [0.15, 0.2) is 35.3 Å². The normalized spacial score (nSPS) is 17.4. The molecule has 1 atom stereocenters. The van der Waals surface area contributed by atoms with Gasteiger partial charge in [-0.1, -0.05) is 49.6 Å². The summed E-state index contributed by atoms with van der Waals surface area (Å²) in [5.41, 5.74) is 7.36. The topological polar surface area (TPSA) is 53.6 Å². The van der Waals surface area contributed by atoms with E-state index in [-0.39, 0.29) is 24.0 Å². The van der Waals surface area contributed by atoms with Gasteiger partial charge in [-0.15, -0.1) is 24.0 Å². The molecule has 1 aliphatic rings. The smallest absolute Gasteiger partial charge is 0.188 e. The Morgan fingerprint density at radius 2 is 1.88 bits per heavy atom. The summed E-state index contributed by atoms with van der Waals surface area (Å²) in [7, 11) is 4.32. The van der Waals surface area contributed by atoms with Crippen molar-refractivity contribution < 1.29 is 0 Å². The highest BCUT2D eigenvalue weighted by Crippen LogP contribution is 2.28. The van der Waals surface area contributed by atoms with Crippen LogP contribution in [-0.2, 0) is 6.42 Å². The molecule has 0 aliphatic heterocycles. The highest BCUT2D eigenvalue weighted by Gasteiger charge is 2.24. The van der Waals surface area contributed by atoms with Gasteiger partial charge in [-0.3, -0.25) is 4.99 Å². The molecule has 24 heavy (non-hydrogen) atoms. The molecular formula is C19H33IN4. The third kappa shape index (κ3) is 7.38. The Balaban J connectivity index is 0.00000288. The van der Waals surface area contributed by atoms with Gasteiger partial charge in [0.2, 0.25) is 0 Å². The third-order valence-corrected chi connectivity index (χ3v) is 4.87. The minimum atomic E-state index is 0. The average Bonchev–Trinajstić information content (AvgIpc) is 2.57. The largest absolute Gasteiger partial charge is 0.370 e.